The Morgan fingerprint density at radius 2 is 1.75 bits per heavy atom. The molecule has 0 saturated heterocycles. The van der Waals surface area contributed by atoms with Gasteiger partial charge >= 0.3 is 5.97 Å². The van der Waals surface area contributed by atoms with Gasteiger partial charge in [0.15, 0.2) is 0 Å². The standard InChI is InChI=1S/C25H25NO5S/c1-17(2)14-21-6-4-5-7-24(21)32(29,30)26-22-15-18(3)8-13-23(22)31-16-19-9-11-20(12-10-19)25(27)28/h4-13,15,26H,1,14,16H2,2-3H3,(H,27,28). The van der Waals surface area contributed by atoms with Crippen LogP contribution in [0.25, 0.3) is 0 Å². The Hall–Kier alpha value is -3.58. The van der Waals surface area contributed by atoms with Crippen LogP contribution in [0.4, 0.5) is 5.69 Å². The highest BCUT2D eigenvalue weighted by atomic mass is 32.2. The number of ether oxygens (including phenoxy) is 1. The first-order valence-corrected chi connectivity index (χ1v) is 11.4. The fourth-order valence-electron chi connectivity index (χ4n) is 3.19. The van der Waals surface area contributed by atoms with E-state index in [2.05, 4.69) is 11.3 Å². The van der Waals surface area contributed by atoms with E-state index < -0.39 is 16.0 Å². The Bertz CT molecular complexity index is 1250. The van der Waals surface area contributed by atoms with Gasteiger partial charge in [-0.15, -0.1) is 0 Å². The quantitative estimate of drug-likeness (QED) is 0.437. The van der Waals surface area contributed by atoms with Gasteiger partial charge in [-0.05, 0) is 67.3 Å². The van der Waals surface area contributed by atoms with E-state index in [9.17, 15) is 13.2 Å². The van der Waals surface area contributed by atoms with Crippen LogP contribution in [0.2, 0.25) is 0 Å². The van der Waals surface area contributed by atoms with Crippen molar-refractivity contribution in [1.29, 1.82) is 0 Å². The third-order valence-electron chi connectivity index (χ3n) is 4.73. The van der Waals surface area contributed by atoms with Gasteiger partial charge in [0.2, 0.25) is 0 Å². The molecule has 3 aromatic rings. The van der Waals surface area contributed by atoms with Crippen LogP contribution in [0.1, 0.15) is 34.0 Å². The molecule has 0 bridgehead atoms. The molecule has 0 heterocycles. The number of carbonyl (C=O) groups is 1. The van der Waals surface area contributed by atoms with Gasteiger partial charge in [-0.25, -0.2) is 13.2 Å². The van der Waals surface area contributed by atoms with Crippen molar-refractivity contribution < 1.29 is 23.1 Å². The first kappa shape index (κ1) is 23.1. The van der Waals surface area contributed by atoms with Gasteiger partial charge in [-0.1, -0.05) is 48.6 Å². The second-order valence-electron chi connectivity index (χ2n) is 7.64. The van der Waals surface area contributed by atoms with Crippen molar-refractivity contribution in [3.05, 3.63) is 101 Å². The van der Waals surface area contributed by atoms with Crippen LogP contribution in [0.5, 0.6) is 5.75 Å². The number of benzene rings is 3. The number of hydrogen-bond acceptors (Lipinski definition) is 4. The molecule has 166 valence electrons. The Kier molecular flexibility index (Phi) is 7.00. The monoisotopic (exact) mass is 451 g/mol. The van der Waals surface area contributed by atoms with E-state index in [0.29, 0.717) is 23.4 Å². The second-order valence-corrected chi connectivity index (χ2v) is 9.29. The van der Waals surface area contributed by atoms with Crippen LogP contribution in [0, 0.1) is 6.92 Å². The van der Waals surface area contributed by atoms with Gasteiger partial charge in [0.05, 0.1) is 16.1 Å². The molecular weight excluding hydrogens is 426 g/mol. The summed E-state index contributed by atoms with van der Waals surface area (Å²) in [4.78, 5) is 11.2. The third kappa shape index (κ3) is 5.76. The third-order valence-corrected chi connectivity index (χ3v) is 6.19. The van der Waals surface area contributed by atoms with E-state index >= 15 is 0 Å². The number of hydrogen-bond donors (Lipinski definition) is 2. The van der Waals surface area contributed by atoms with Crippen LogP contribution in [-0.2, 0) is 23.1 Å². The normalized spacial score (nSPS) is 11.1. The number of anilines is 1. The summed E-state index contributed by atoms with van der Waals surface area (Å²) in [6.45, 7) is 7.76. The molecule has 0 amide bonds. The highest BCUT2D eigenvalue weighted by molar-refractivity contribution is 7.92. The second kappa shape index (κ2) is 9.70. The number of aromatic carboxylic acids is 1. The van der Waals surface area contributed by atoms with Crippen molar-refractivity contribution in [1.82, 2.24) is 0 Å². The lowest BCUT2D eigenvalue weighted by atomic mass is 10.1. The van der Waals surface area contributed by atoms with E-state index in [1.54, 1.807) is 48.5 Å². The molecule has 0 saturated carbocycles. The molecule has 0 atom stereocenters. The zero-order valence-electron chi connectivity index (χ0n) is 18.0. The van der Waals surface area contributed by atoms with E-state index in [1.165, 1.54) is 12.1 Å². The lowest BCUT2D eigenvalue weighted by molar-refractivity contribution is 0.0697. The van der Waals surface area contributed by atoms with E-state index in [0.717, 1.165) is 16.7 Å². The molecule has 0 spiro atoms. The summed E-state index contributed by atoms with van der Waals surface area (Å²) >= 11 is 0. The molecule has 3 rings (SSSR count). The minimum atomic E-state index is -3.86. The fraction of sp³-hybridized carbons (Fsp3) is 0.160. The van der Waals surface area contributed by atoms with E-state index in [4.69, 9.17) is 9.84 Å². The van der Waals surface area contributed by atoms with Gasteiger partial charge in [-0.3, -0.25) is 4.72 Å². The summed E-state index contributed by atoms with van der Waals surface area (Å²) in [6, 6.07) is 18.4. The summed E-state index contributed by atoms with van der Waals surface area (Å²) in [6.07, 6.45) is 0.459. The van der Waals surface area contributed by atoms with Crippen LogP contribution in [0.15, 0.2) is 83.8 Å². The molecule has 6 nitrogen and oxygen atoms in total. The van der Waals surface area contributed by atoms with Crippen LogP contribution in [0.3, 0.4) is 0 Å². The smallest absolute Gasteiger partial charge is 0.335 e. The highest BCUT2D eigenvalue weighted by Crippen LogP contribution is 2.30. The Morgan fingerprint density at radius 1 is 1.06 bits per heavy atom. The van der Waals surface area contributed by atoms with Gasteiger partial charge in [-0.2, -0.15) is 0 Å². The molecule has 0 radical (unpaired) electrons. The minimum absolute atomic E-state index is 0.157. The number of rotatable bonds is 9. The topological polar surface area (TPSA) is 92.7 Å². The molecule has 0 fully saturated rings. The molecule has 0 aliphatic heterocycles. The van der Waals surface area contributed by atoms with Crippen molar-refractivity contribution in [2.75, 3.05) is 4.72 Å². The number of nitrogens with one attached hydrogen (secondary N) is 1. The molecule has 32 heavy (non-hydrogen) atoms. The minimum Gasteiger partial charge on any atom is -0.487 e. The maximum atomic E-state index is 13.2. The van der Waals surface area contributed by atoms with Gasteiger partial charge < -0.3 is 9.84 Å². The highest BCUT2D eigenvalue weighted by Gasteiger charge is 2.20. The largest absolute Gasteiger partial charge is 0.487 e. The molecule has 7 heteroatoms. The summed E-state index contributed by atoms with van der Waals surface area (Å²) in [7, 11) is -3.86. The summed E-state index contributed by atoms with van der Waals surface area (Å²) in [5.74, 6) is -0.626. The van der Waals surface area contributed by atoms with Crippen molar-refractivity contribution in [2.24, 2.45) is 0 Å². The predicted octanol–water partition coefficient (Wildman–Crippen LogP) is 5.19. The number of allylic oxidation sites excluding steroid dienone is 1. The number of sulfonamides is 1. The first-order valence-electron chi connectivity index (χ1n) is 9.96. The SMILES string of the molecule is C=C(C)Cc1ccccc1S(=O)(=O)Nc1cc(C)ccc1OCc1ccc(C(=O)O)cc1. The summed E-state index contributed by atoms with van der Waals surface area (Å²) in [5, 5.41) is 9.01. The fourth-order valence-corrected chi connectivity index (χ4v) is 4.49. The van der Waals surface area contributed by atoms with Crippen LogP contribution < -0.4 is 9.46 Å². The van der Waals surface area contributed by atoms with E-state index in [-0.39, 0.29) is 17.1 Å². The van der Waals surface area contributed by atoms with Gasteiger partial charge in [0.1, 0.15) is 12.4 Å². The zero-order valence-corrected chi connectivity index (χ0v) is 18.8. The zero-order chi connectivity index (χ0) is 23.3. The van der Waals surface area contributed by atoms with Crippen LogP contribution in [-0.4, -0.2) is 19.5 Å². The Balaban J connectivity index is 1.85. The molecule has 3 aromatic carbocycles. The number of aryl methyl sites for hydroxylation is 1. The molecular formula is C25H25NO5S. The molecule has 0 unspecified atom stereocenters. The average molecular weight is 452 g/mol. The number of carboxylic acids is 1. The maximum absolute atomic E-state index is 13.2. The number of carboxylic acid groups (broad SMARTS) is 1. The maximum Gasteiger partial charge on any atom is 0.335 e. The predicted molar refractivity (Wildman–Crippen MR) is 125 cm³/mol. The summed E-state index contributed by atoms with van der Waals surface area (Å²) < 4.78 is 34.9. The molecule has 0 aromatic heterocycles. The molecule has 0 aliphatic carbocycles. The van der Waals surface area contributed by atoms with Crippen LogP contribution >= 0.6 is 0 Å². The first-order chi connectivity index (χ1) is 15.2. The lowest BCUT2D eigenvalue weighted by Crippen LogP contribution is -2.16. The lowest BCUT2D eigenvalue weighted by Gasteiger charge is -2.16. The average Bonchev–Trinajstić information content (AvgIpc) is 2.73. The van der Waals surface area contributed by atoms with Crippen molar-refractivity contribution >= 4 is 21.7 Å². The van der Waals surface area contributed by atoms with Gasteiger partial charge in [0, 0.05) is 0 Å². The van der Waals surface area contributed by atoms with Gasteiger partial charge in [0.25, 0.3) is 10.0 Å². The summed E-state index contributed by atoms with van der Waals surface area (Å²) in [5.41, 5.74) is 3.68. The molecule has 0 aliphatic rings. The van der Waals surface area contributed by atoms with Crippen molar-refractivity contribution in [3.8, 4) is 5.75 Å². The van der Waals surface area contributed by atoms with Crippen molar-refractivity contribution in [2.45, 2.75) is 31.8 Å². The van der Waals surface area contributed by atoms with Crippen molar-refractivity contribution in [3.63, 3.8) is 0 Å². The van der Waals surface area contributed by atoms with E-state index in [1.807, 2.05) is 19.9 Å². The molecule has 2 N–H and O–H groups in total. The Labute approximate surface area is 188 Å². The Morgan fingerprint density at radius 3 is 2.41 bits per heavy atom.